The fraction of sp³-hybridized carbons (Fsp3) is 0.250. The van der Waals surface area contributed by atoms with Crippen molar-refractivity contribution in [1.29, 1.82) is 0 Å². The smallest absolute Gasteiger partial charge is 0.263 e. The van der Waals surface area contributed by atoms with Crippen molar-refractivity contribution < 1.29 is 8.42 Å². The molecule has 1 atom stereocenters. The molecule has 1 aliphatic heterocycles. The Kier molecular flexibility index (Phi) is 4.96. The Morgan fingerprint density at radius 3 is 2.45 bits per heavy atom. The monoisotopic (exact) mass is 446 g/mol. The maximum absolute atomic E-state index is 12.8. The Balaban J connectivity index is 1.55. The van der Waals surface area contributed by atoms with E-state index in [1.54, 1.807) is 36.0 Å². The highest BCUT2D eigenvalue weighted by Crippen LogP contribution is 2.39. The standard InChI is InChI=1S/C20H19ClN4O2S2/c1-20(2,3)12-4-6-13(7-5-12)29(26,27)25-16-9-8-14(21)17(23-16)19-18(24-19)15-10-22-11-28-15/h4-11,19H,1-3H3,(H,23,25). The second-order valence-electron chi connectivity index (χ2n) is 7.73. The predicted octanol–water partition coefficient (Wildman–Crippen LogP) is 4.83. The van der Waals surface area contributed by atoms with E-state index in [1.807, 2.05) is 12.1 Å². The summed E-state index contributed by atoms with van der Waals surface area (Å²) in [7, 11) is -3.77. The van der Waals surface area contributed by atoms with Gasteiger partial charge in [0, 0.05) is 6.20 Å². The third-order valence-corrected chi connectivity index (χ3v) is 7.03. The summed E-state index contributed by atoms with van der Waals surface area (Å²) in [6.45, 7) is 6.23. The van der Waals surface area contributed by atoms with Crippen molar-refractivity contribution in [2.45, 2.75) is 37.1 Å². The average Bonchev–Trinajstić information content (AvgIpc) is 3.26. The third-order valence-electron chi connectivity index (χ3n) is 4.55. The van der Waals surface area contributed by atoms with Crippen LogP contribution in [0.1, 0.15) is 42.9 Å². The predicted molar refractivity (Wildman–Crippen MR) is 117 cm³/mol. The van der Waals surface area contributed by atoms with Crippen LogP contribution in [0, 0.1) is 0 Å². The van der Waals surface area contributed by atoms with Crippen LogP contribution in [0.3, 0.4) is 0 Å². The Labute approximate surface area is 178 Å². The lowest BCUT2D eigenvalue weighted by Crippen LogP contribution is -2.16. The van der Waals surface area contributed by atoms with Gasteiger partial charge in [0.15, 0.2) is 0 Å². The van der Waals surface area contributed by atoms with Gasteiger partial charge in [-0.1, -0.05) is 44.5 Å². The minimum absolute atomic E-state index is 0.0532. The van der Waals surface area contributed by atoms with Gasteiger partial charge in [-0.15, -0.1) is 11.3 Å². The van der Waals surface area contributed by atoms with Gasteiger partial charge < -0.3 is 0 Å². The molecular weight excluding hydrogens is 428 g/mol. The summed E-state index contributed by atoms with van der Waals surface area (Å²) >= 11 is 7.77. The molecule has 2 aromatic heterocycles. The van der Waals surface area contributed by atoms with E-state index in [2.05, 4.69) is 40.5 Å². The topological polar surface area (TPSA) is 84.3 Å². The number of rotatable bonds is 5. The zero-order valence-electron chi connectivity index (χ0n) is 16.0. The SMILES string of the molecule is CC(C)(C)c1ccc(S(=O)(=O)Nc2ccc(Cl)c(C3N=C3c3cncs3)n2)cc1. The number of aliphatic imine (C=N–C) groups is 1. The molecule has 1 aromatic carbocycles. The van der Waals surface area contributed by atoms with E-state index in [1.165, 1.54) is 11.3 Å². The van der Waals surface area contributed by atoms with Crippen molar-refractivity contribution in [3.63, 3.8) is 0 Å². The minimum Gasteiger partial charge on any atom is -0.269 e. The molecule has 0 aliphatic carbocycles. The average molecular weight is 447 g/mol. The van der Waals surface area contributed by atoms with Crippen LogP contribution < -0.4 is 4.72 Å². The summed E-state index contributed by atoms with van der Waals surface area (Å²) in [5, 5.41) is 0.441. The number of thiazole rings is 1. The minimum atomic E-state index is -3.77. The van der Waals surface area contributed by atoms with Crippen LogP contribution in [0.25, 0.3) is 0 Å². The number of aromatic nitrogens is 2. The highest BCUT2D eigenvalue weighted by atomic mass is 35.5. The normalized spacial score (nSPS) is 16.4. The zero-order valence-corrected chi connectivity index (χ0v) is 18.4. The second-order valence-corrected chi connectivity index (χ2v) is 10.7. The first-order chi connectivity index (χ1) is 13.6. The van der Waals surface area contributed by atoms with E-state index in [-0.39, 0.29) is 22.2 Å². The quantitative estimate of drug-likeness (QED) is 0.608. The molecule has 0 amide bonds. The van der Waals surface area contributed by atoms with E-state index in [4.69, 9.17) is 11.6 Å². The van der Waals surface area contributed by atoms with Crippen LogP contribution in [0.4, 0.5) is 5.82 Å². The summed E-state index contributed by atoms with van der Waals surface area (Å²) in [6, 6.07) is 9.77. The first-order valence-electron chi connectivity index (χ1n) is 8.91. The summed E-state index contributed by atoms with van der Waals surface area (Å²) in [5.41, 5.74) is 4.13. The number of benzene rings is 1. The number of anilines is 1. The number of halogens is 1. The molecule has 3 aromatic rings. The number of sulfonamides is 1. The summed E-state index contributed by atoms with van der Waals surface area (Å²) < 4.78 is 28.1. The molecule has 0 saturated heterocycles. The van der Waals surface area contributed by atoms with Gasteiger partial charge in [-0.2, -0.15) is 0 Å². The van der Waals surface area contributed by atoms with Crippen LogP contribution in [0.2, 0.25) is 5.02 Å². The number of nitrogens with one attached hydrogen (secondary N) is 1. The molecule has 0 fully saturated rings. The van der Waals surface area contributed by atoms with Crippen LogP contribution in [0.15, 0.2) is 58.0 Å². The Morgan fingerprint density at radius 2 is 1.83 bits per heavy atom. The van der Waals surface area contributed by atoms with Crippen LogP contribution in [-0.4, -0.2) is 24.1 Å². The van der Waals surface area contributed by atoms with Gasteiger partial charge in [0.25, 0.3) is 10.0 Å². The van der Waals surface area contributed by atoms with E-state index >= 15 is 0 Å². The van der Waals surface area contributed by atoms with Gasteiger partial charge in [-0.25, -0.2) is 13.4 Å². The molecule has 4 rings (SSSR count). The first kappa shape index (κ1) is 20.0. The largest absolute Gasteiger partial charge is 0.269 e. The van der Waals surface area contributed by atoms with E-state index in [9.17, 15) is 8.42 Å². The number of nitrogens with zero attached hydrogens (tertiary/aromatic N) is 3. The van der Waals surface area contributed by atoms with E-state index in [0.717, 1.165) is 16.2 Å². The molecule has 0 saturated carbocycles. The summed E-state index contributed by atoms with van der Waals surface area (Å²) in [6.07, 6.45) is 1.74. The molecule has 0 radical (unpaired) electrons. The van der Waals surface area contributed by atoms with Crippen molar-refractivity contribution in [2.75, 3.05) is 4.72 Å². The molecule has 29 heavy (non-hydrogen) atoms. The van der Waals surface area contributed by atoms with Gasteiger partial charge in [0.05, 0.1) is 31.7 Å². The Bertz CT molecular complexity index is 1180. The number of hydrogen-bond donors (Lipinski definition) is 1. The van der Waals surface area contributed by atoms with Crippen LogP contribution in [-0.2, 0) is 15.4 Å². The van der Waals surface area contributed by atoms with E-state index < -0.39 is 10.0 Å². The molecule has 1 unspecified atom stereocenters. The van der Waals surface area contributed by atoms with Crippen molar-refractivity contribution in [3.8, 4) is 0 Å². The summed E-state index contributed by atoms with van der Waals surface area (Å²) in [5.74, 6) is 0.204. The van der Waals surface area contributed by atoms with Gasteiger partial charge in [-0.3, -0.25) is 14.7 Å². The Hall–Kier alpha value is -2.29. The molecule has 9 heteroatoms. The summed E-state index contributed by atoms with van der Waals surface area (Å²) in [4.78, 5) is 14.0. The molecule has 3 heterocycles. The lowest BCUT2D eigenvalue weighted by atomic mass is 9.87. The maximum atomic E-state index is 12.8. The first-order valence-corrected chi connectivity index (χ1v) is 11.7. The van der Waals surface area contributed by atoms with Crippen LogP contribution >= 0.6 is 22.9 Å². The van der Waals surface area contributed by atoms with Gasteiger partial charge in [0.1, 0.15) is 11.9 Å². The van der Waals surface area contributed by atoms with E-state index in [0.29, 0.717) is 10.7 Å². The number of hydrogen-bond acceptors (Lipinski definition) is 6. The molecule has 150 valence electrons. The highest BCUT2D eigenvalue weighted by Gasteiger charge is 2.35. The second kappa shape index (κ2) is 7.19. The fourth-order valence-electron chi connectivity index (χ4n) is 2.87. The highest BCUT2D eigenvalue weighted by molar-refractivity contribution is 7.92. The van der Waals surface area contributed by atoms with Gasteiger partial charge in [-0.05, 0) is 35.2 Å². The number of pyridine rings is 1. The third kappa shape index (κ3) is 4.19. The van der Waals surface area contributed by atoms with Crippen molar-refractivity contribution in [1.82, 2.24) is 9.97 Å². The lowest BCUT2D eigenvalue weighted by molar-refractivity contribution is 0.587. The van der Waals surface area contributed by atoms with Gasteiger partial charge >= 0.3 is 0 Å². The molecule has 1 N–H and O–H groups in total. The molecule has 6 nitrogen and oxygen atoms in total. The van der Waals surface area contributed by atoms with Crippen molar-refractivity contribution >= 4 is 44.5 Å². The fourth-order valence-corrected chi connectivity index (χ4v) is 4.72. The van der Waals surface area contributed by atoms with Gasteiger partial charge in [0.2, 0.25) is 0 Å². The van der Waals surface area contributed by atoms with Crippen LogP contribution in [0.5, 0.6) is 0 Å². The molecular formula is C20H19ClN4O2S2. The molecule has 0 spiro atoms. The molecule has 0 bridgehead atoms. The Morgan fingerprint density at radius 1 is 1.10 bits per heavy atom. The zero-order chi connectivity index (χ0) is 20.8. The molecule has 1 aliphatic rings. The lowest BCUT2D eigenvalue weighted by Gasteiger charge is -2.19. The van der Waals surface area contributed by atoms with Crippen molar-refractivity contribution in [2.24, 2.45) is 4.99 Å². The van der Waals surface area contributed by atoms with Crippen molar-refractivity contribution in [3.05, 3.63) is 69.3 Å². The maximum Gasteiger partial charge on any atom is 0.263 e.